The zero-order chi connectivity index (χ0) is 22.8. The van der Waals surface area contributed by atoms with Crippen LogP contribution in [-0.2, 0) is 4.79 Å². The largest absolute Gasteiger partial charge is 0.325 e. The smallest absolute Gasteiger partial charge is 0.266 e. The first-order chi connectivity index (χ1) is 15.3. The maximum absolute atomic E-state index is 13.4. The van der Waals surface area contributed by atoms with E-state index in [2.05, 4.69) is 5.32 Å². The van der Waals surface area contributed by atoms with Crippen molar-refractivity contribution in [1.82, 2.24) is 9.55 Å². The number of benzene rings is 3. The first-order valence-corrected chi connectivity index (χ1v) is 11.4. The topological polar surface area (TPSA) is 64.0 Å². The number of amides is 1. The van der Waals surface area contributed by atoms with Crippen LogP contribution in [0.3, 0.4) is 0 Å². The fourth-order valence-electron chi connectivity index (χ4n) is 3.75. The molecule has 0 bridgehead atoms. The van der Waals surface area contributed by atoms with E-state index in [1.54, 1.807) is 10.6 Å². The van der Waals surface area contributed by atoms with Gasteiger partial charge in [0.25, 0.3) is 5.56 Å². The zero-order valence-corrected chi connectivity index (χ0v) is 19.4. The molecule has 4 rings (SSSR count). The van der Waals surface area contributed by atoms with Crippen LogP contribution in [0.2, 0.25) is 0 Å². The summed E-state index contributed by atoms with van der Waals surface area (Å²) < 4.78 is 1.62. The van der Waals surface area contributed by atoms with Crippen LogP contribution in [-0.4, -0.2) is 21.2 Å². The Kier molecular flexibility index (Phi) is 6.15. The van der Waals surface area contributed by atoms with Crippen LogP contribution >= 0.6 is 11.8 Å². The Bertz CT molecular complexity index is 1390. The highest BCUT2D eigenvalue weighted by Gasteiger charge is 2.16. The molecule has 5 nitrogen and oxygen atoms in total. The van der Waals surface area contributed by atoms with Gasteiger partial charge in [-0.15, -0.1) is 0 Å². The van der Waals surface area contributed by atoms with E-state index >= 15 is 0 Å². The van der Waals surface area contributed by atoms with E-state index in [9.17, 15) is 9.59 Å². The van der Waals surface area contributed by atoms with Gasteiger partial charge < -0.3 is 5.32 Å². The number of nitrogens with zero attached hydrogens (tertiary/aromatic N) is 2. The Morgan fingerprint density at radius 3 is 2.34 bits per heavy atom. The van der Waals surface area contributed by atoms with Gasteiger partial charge >= 0.3 is 0 Å². The average Bonchev–Trinajstić information content (AvgIpc) is 2.75. The molecule has 0 atom stereocenters. The molecule has 162 valence electrons. The zero-order valence-electron chi connectivity index (χ0n) is 18.6. The van der Waals surface area contributed by atoms with Crippen LogP contribution in [0.4, 0.5) is 5.69 Å². The van der Waals surface area contributed by atoms with Crippen molar-refractivity contribution in [2.75, 3.05) is 11.1 Å². The third kappa shape index (κ3) is 4.46. The van der Waals surface area contributed by atoms with Gasteiger partial charge in [0, 0.05) is 5.69 Å². The number of carbonyl (C=O) groups excluding carboxylic acids is 1. The molecular weight excluding hydrogens is 418 g/mol. The molecule has 0 spiro atoms. The molecule has 1 aromatic heterocycles. The highest BCUT2D eigenvalue weighted by molar-refractivity contribution is 7.99. The standard InChI is InChI=1S/C26H25N3O2S/c1-16-9-11-21(18(3)13-16)27-24(30)15-32-26-28-22-8-6-5-7-20(22)25(31)29(26)23-12-10-17(2)14-19(23)4/h5-14H,15H2,1-4H3,(H,27,30). The summed E-state index contributed by atoms with van der Waals surface area (Å²) in [7, 11) is 0. The Morgan fingerprint density at radius 1 is 0.938 bits per heavy atom. The van der Waals surface area contributed by atoms with Crippen LogP contribution in [0.5, 0.6) is 0 Å². The van der Waals surface area contributed by atoms with Crippen LogP contribution in [0.25, 0.3) is 16.6 Å². The van der Waals surface area contributed by atoms with Crippen molar-refractivity contribution in [3.63, 3.8) is 0 Å². The Hall–Kier alpha value is -3.38. The molecule has 0 aliphatic heterocycles. The van der Waals surface area contributed by atoms with Crippen molar-refractivity contribution in [2.45, 2.75) is 32.9 Å². The normalized spacial score (nSPS) is 11.0. The fraction of sp³-hybridized carbons (Fsp3) is 0.192. The second-order valence-corrected chi connectivity index (χ2v) is 8.94. The molecule has 0 saturated heterocycles. The van der Waals surface area contributed by atoms with Crippen molar-refractivity contribution in [2.24, 2.45) is 0 Å². The number of aryl methyl sites for hydroxylation is 4. The number of thioether (sulfide) groups is 1. The first kappa shape index (κ1) is 21.8. The highest BCUT2D eigenvalue weighted by atomic mass is 32.2. The number of carbonyl (C=O) groups is 1. The lowest BCUT2D eigenvalue weighted by molar-refractivity contribution is -0.113. The minimum atomic E-state index is -0.142. The SMILES string of the molecule is Cc1ccc(NC(=O)CSc2nc3ccccc3c(=O)n2-c2ccc(C)cc2C)c(C)c1. The Labute approximate surface area is 191 Å². The summed E-state index contributed by atoms with van der Waals surface area (Å²) in [4.78, 5) is 30.8. The number of nitrogens with one attached hydrogen (secondary N) is 1. The molecule has 0 aliphatic rings. The number of para-hydroxylation sites is 1. The van der Waals surface area contributed by atoms with E-state index in [0.717, 1.165) is 33.6 Å². The second-order valence-electron chi connectivity index (χ2n) is 8.00. The number of rotatable bonds is 5. The Morgan fingerprint density at radius 2 is 1.62 bits per heavy atom. The summed E-state index contributed by atoms with van der Waals surface area (Å²) in [6.45, 7) is 7.99. The molecule has 6 heteroatoms. The molecule has 4 aromatic rings. The molecule has 3 aromatic carbocycles. The molecule has 0 saturated carbocycles. The predicted molar refractivity (Wildman–Crippen MR) is 132 cm³/mol. The fourth-order valence-corrected chi connectivity index (χ4v) is 4.55. The second kappa shape index (κ2) is 9.01. The van der Waals surface area contributed by atoms with E-state index in [1.807, 2.05) is 82.3 Å². The number of anilines is 1. The monoisotopic (exact) mass is 443 g/mol. The summed E-state index contributed by atoms with van der Waals surface area (Å²) in [5.41, 5.74) is 6.30. The van der Waals surface area contributed by atoms with Crippen molar-refractivity contribution in [3.05, 3.63) is 93.3 Å². The summed E-state index contributed by atoms with van der Waals surface area (Å²) in [5.74, 6) is -0.000223. The van der Waals surface area contributed by atoms with Gasteiger partial charge in [0.05, 0.1) is 22.3 Å². The molecule has 0 aliphatic carbocycles. The van der Waals surface area contributed by atoms with Crippen LogP contribution in [0, 0.1) is 27.7 Å². The lowest BCUT2D eigenvalue weighted by Crippen LogP contribution is -2.23. The van der Waals surface area contributed by atoms with E-state index in [0.29, 0.717) is 16.1 Å². The van der Waals surface area contributed by atoms with Gasteiger partial charge in [-0.2, -0.15) is 0 Å². The van der Waals surface area contributed by atoms with Crippen LogP contribution in [0.1, 0.15) is 22.3 Å². The van der Waals surface area contributed by atoms with E-state index < -0.39 is 0 Å². The van der Waals surface area contributed by atoms with Gasteiger partial charge in [0.15, 0.2) is 5.16 Å². The van der Waals surface area contributed by atoms with Gasteiger partial charge in [-0.3, -0.25) is 14.2 Å². The molecule has 32 heavy (non-hydrogen) atoms. The van der Waals surface area contributed by atoms with Gasteiger partial charge in [-0.25, -0.2) is 4.98 Å². The average molecular weight is 444 g/mol. The maximum Gasteiger partial charge on any atom is 0.266 e. The molecule has 0 fully saturated rings. The van der Waals surface area contributed by atoms with Crippen molar-refractivity contribution in [1.29, 1.82) is 0 Å². The van der Waals surface area contributed by atoms with E-state index in [1.165, 1.54) is 11.8 Å². The summed E-state index contributed by atoms with van der Waals surface area (Å²) >= 11 is 1.26. The molecule has 1 heterocycles. The first-order valence-electron chi connectivity index (χ1n) is 10.4. The van der Waals surface area contributed by atoms with Crippen molar-refractivity contribution >= 4 is 34.3 Å². The van der Waals surface area contributed by atoms with E-state index in [4.69, 9.17) is 4.98 Å². The number of hydrogen-bond acceptors (Lipinski definition) is 4. The lowest BCUT2D eigenvalue weighted by atomic mass is 10.1. The minimum absolute atomic E-state index is 0.139. The lowest BCUT2D eigenvalue weighted by Gasteiger charge is -2.16. The Balaban J connectivity index is 1.69. The van der Waals surface area contributed by atoms with Gasteiger partial charge in [-0.1, -0.05) is 59.3 Å². The molecule has 0 unspecified atom stereocenters. The van der Waals surface area contributed by atoms with Gasteiger partial charge in [-0.05, 0) is 63.1 Å². The van der Waals surface area contributed by atoms with Crippen LogP contribution in [0.15, 0.2) is 70.6 Å². The number of fused-ring (bicyclic) bond motifs is 1. The number of aromatic nitrogens is 2. The van der Waals surface area contributed by atoms with Crippen LogP contribution < -0.4 is 10.9 Å². The van der Waals surface area contributed by atoms with Gasteiger partial charge in [0.1, 0.15) is 0 Å². The molecule has 0 radical (unpaired) electrons. The summed E-state index contributed by atoms with van der Waals surface area (Å²) in [6, 6.07) is 19.2. The third-order valence-corrected chi connectivity index (χ3v) is 6.27. The predicted octanol–water partition coefficient (Wildman–Crippen LogP) is 5.35. The molecule has 1 N–H and O–H groups in total. The summed E-state index contributed by atoms with van der Waals surface area (Å²) in [6.07, 6.45) is 0. The van der Waals surface area contributed by atoms with Crippen molar-refractivity contribution in [3.8, 4) is 5.69 Å². The minimum Gasteiger partial charge on any atom is -0.325 e. The summed E-state index contributed by atoms with van der Waals surface area (Å²) in [5, 5.41) is 4.01. The molecular formula is C26H25N3O2S. The van der Waals surface area contributed by atoms with Gasteiger partial charge in [0.2, 0.25) is 5.91 Å². The maximum atomic E-state index is 13.4. The van der Waals surface area contributed by atoms with Crippen molar-refractivity contribution < 1.29 is 4.79 Å². The van der Waals surface area contributed by atoms with E-state index in [-0.39, 0.29) is 17.2 Å². The third-order valence-electron chi connectivity index (χ3n) is 5.33. The quantitative estimate of drug-likeness (QED) is 0.334. The highest BCUT2D eigenvalue weighted by Crippen LogP contribution is 2.24. The molecule has 1 amide bonds. The number of hydrogen-bond donors (Lipinski definition) is 1.